The number of tetrazole rings is 1. The number of hydrogen-bond donors (Lipinski definition) is 0. The first-order valence-corrected chi connectivity index (χ1v) is 8.36. The summed E-state index contributed by atoms with van der Waals surface area (Å²) >= 11 is 5.87. The molecular weight excluding hydrogens is 332 g/mol. The summed E-state index contributed by atoms with van der Waals surface area (Å²) in [7, 11) is 2.07. The van der Waals surface area contributed by atoms with Crippen LogP contribution in [0.15, 0.2) is 18.2 Å². The van der Waals surface area contributed by atoms with Gasteiger partial charge in [-0.2, -0.15) is 4.68 Å². The highest BCUT2D eigenvalue weighted by atomic mass is 35.5. The Morgan fingerprint density at radius 1 is 1.38 bits per heavy atom. The molecule has 0 aliphatic heterocycles. The number of halogens is 1. The van der Waals surface area contributed by atoms with Gasteiger partial charge in [0.2, 0.25) is 0 Å². The maximum atomic E-state index is 11.1. The first-order valence-electron chi connectivity index (χ1n) is 7.98. The van der Waals surface area contributed by atoms with E-state index in [2.05, 4.69) is 27.5 Å². The Balaban J connectivity index is 1.82. The second-order valence-corrected chi connectivity index (χ2v) is 6.51. The Morgan fingerprint density at radius 3 is 2.83 bits per heavy atom. The van der Waals surface area contributed by atoms with Crippen LogP contribution in [0.2, 0.25) is 5.02 Å². The zero-order valence-corrected chi connectivity index (χ0v) is 14.2. The predicted octanol–water partition coefficient (Wildman–Crippen LogP) is 2.99. The molecule has 0 unspecified atom stereocenters. The minimum atomic E-state index is -0.510. The third-order valence-corrected chi connectivity index (χ3v) is 4.81. The molecule has 0 bridgehead atoms. The van der Waals surface area contributed by atoms with E-state index < -0.39 is 4.92 Å². The summed E-state index contributed by atoms with van der Waals surface area (Å²) in [4.78, 5) is 12.8. The fourth-order valence-corrected chi connectivity index (χ4v) is 3.34. The SMILES string of the molecule is CN(Cc1nnnn1-c1ccc(Cl)c([N+](=O)[O-])c1)C1CCCCC1. The standard InChI is InChI=1S/C15H19ClN6O2/c1-20(11-5-3-2-4-6-11)10-15-17-18-19-21(15)12-7-8-13(16)14(9-12)22(23)24/h7-9,11H,2-6,10H2,1H3. The second kappa shape index (κ2) is 7.23. The molecule has 1 heterocycles. The molecular formula is C15H19ClN6O2. The zero-order valence-electron chi connectivity index (χ0n) is 13.4. The van der Waals surface area contributed by atoms with Crippen molar-refractivity contribution in [1.82, 2.24) is 25.1 Å². The third kappa shape index (κ3) is 3.54. The van der Waals surface area contributed by atoms with Crippen LogP contribution in [0.1, 0.15) is 37.9 Å². The summed E-state index contributed by atoms with van der Waals surface area (Å²) in [5.74, 6) is 0.652. The van der Waals surface area contributed by atoms with Gasteiger partial charge in [0.05, 0.1) is 17.2 Å². The molecule has 1 aliphatic rings. The smallest absolute Gasteiger partial charge is 0.290 e. The molecule has 0 radical (unpaired) electrons. The van der Waals surface area contributed by atoms with Crippen molar-refractivity contribution in [3.05, 3.63) is 39.2 Å². The Labute approximate surface area is 144 Å². The van der Waals surface area contributed by atoms with Gasteiger partial charge < -0.3 is 0 Å². The van der Waals surface area contributed by atoms with Crippen LogP contribution in [-0.4, -0.2) is 43.1 Å². The summed E-state index contributed by atoms with van der Waals surface area (Å²) in [6, 6.07) is 5.09. The molecule has 0 N–H and O–H groups in total. The van der Waals surface area contributed by atoms with Crippen LogP contribution in [0.3, 0.4) is 0 Å². The van der Waals surface area contributed by atoms with Crippen molar-refractivity contribution in [2.45, 2.75) is 44.7 Å². The number of nitrogens with zero attached hydrogens (tertiary/aromatic N) is 6. The van der Waals surface area contributed by atoms with Gasteiger partial charge in [-0.1, -0.05) is 30.9 Å². The molecule has 0 amide bonds. The van der Waals surface area contributed by atoms with E-state index in [9.17, 15) is 10.1 Å². The molecule has 0 saturated heterocycles. The maximum absolute atomic E-state index is 11.1. The molecule has 0 spiro atoms. The highest BCUT2D eigenvalue weighted by Crippen LogP contribution is 2.27. The van der Waals surface area contributed by atoms with Crippen LogP contribution < -0.4 is 0 Å². The second-order valence-electron chi connectivity index (χ2n) is 6.11. The maximum Gasteiger partial charge on any atom is 0.290 e. The van der Waals surface area contributed by atoms with Gasteiger partial charge in [0.25, 0.3) is 5.69 Å². The lowest BCUT2D eigenvalue weighted by Crippen LogP contribution is -2.33. The third-order valence-electron chi connectivity index (χ3n) is 4.49. The molecule has 1 aromatic heterocycles. The molecule has 8 nitrogen and oxygen atoms in total. The van der Waals surface area contributed by atoms with Gasteiger partial charge in [0.1, 0.15) is 5.02 Å². The van der Waals surface area contributed by atoms with Crippen LogP contribution in [0.5, 0.6) is 0 Å². The van der Waals surface area contributed by atoms with Gasteiger partial charge in [-0.15, -0.1) is 5.10 Å². The summed E-state index contributed by atoms with van der Waals surface area (Å²) in [6.07, 6.45) is 6.18. The Morgan fingerprint density at radius 2 is 2.12 bits per heavy atom. The normalized spacial score (nSPS) is 15.8. The van der Waals surface area contributed by atoms with Gasteiger partial charge in [0.15, 0.2) is 5.82 Å². The summed E-state index contributed by atoms with van der Waals surface area (Å²) in [5.41, 5.74) is 0.374. The van der Waals surface area contributed by atoms with Crippen LogP contribution in [0.4, 0.5) is 5.69 Å². The molecule has 9 heteroatoms. The van der Waals surface area contributed by atoms with E-state index >= 15 is 0 Å². The minimum absolute atomic E-state index is 0.0951. The molecule has 1 aliphatic carbocycles. The molecule has 2 aromatic rings. The molecule has 128 valence electrons. The Bertz CT molecular complexity index is 729. The van der Waals surface area contributed by atoms with E-state index in [1.54, 1.807) is 6.07 Å². The number of benzene rings is 1. The topological polar surface area (TPSA) is 90.0 Å². The van der Waals surface area contributed by atoms with Crippen molar-refractivity contribution in [1.29, 1.82) is 0 Å². The van der Waals surface area contributed by atoms with Gasteiger partial charge in [-0.3, -0.25) is 15.0 Å². The van der Waals surface area contributed by atoms with E-state index in [1.165, 1.54) is 48.9 Å². The van der Waals surface area contributed by atoms with E-state index in [0.29, 0.717) is 24.1 Å². The lowest BCUT2D eigenvalue weighted by atomic mass is 9.94. The number of hydrogen-bond acceptors (Lipinski definition) is 6. The molecule has 1 aromatic carbocycles. The van der Waals surface area contributed by atoms with Crippen molar-refractivity contribution in [3.63, 3.8) is 0 Å². The van der Waals surface area contributed by atoms with Gasteiger partial charge in [0, 0.05) is 12.1 Å². The van der Waals surface area contributed by atoms with Crippen molar-refractivity contribution in [3.8, 4) is 5.69 Å². The summed E-state index contributed by atoms with van der Waals surface area (Å²) < 4.78 is 1.53. The number of aromatic nitrogens is 4. The first kappa shape index (κ1) is 16.8. The predicted molar refractivity (Wildman–Crippen MR) is 89.2 cm³/mol. The van der Waals surface area contributed by atoms with Crippen molar-refractivity contribution >= 4 is 17.3 Å². The average Bonchev–Trinajstić information content (AvgIpc) is 3.04. The zero-order chi connectivity index (χ0) is 17.1. The fraction of sp³-hybridized carbons (Fsp3) is 0.533. The largest absolute Gasteiger partial charge is 0.296 e. The van der Waals surface area contributed by atoms with Crippen molar-refractivity contribution < 1.29 is 4.92 Å². The van der Waals surface area contributed by atoms with Gasteiger partial charge >= 0.3 is 0 Å². The Hall–Kier alpha value is -2.06. The fourth-order valence-electron chi connectivity index (χ4n) is 3.15. The van der Waals surface area contributed by atoms with Crippen LogP contribution in [0, 0.1) is 10.1 Å². The molecule has 1 saturated carbocycles. The van der Waals surface area contributed by atoms with E-state index in [4.69, 9.17) is 11.6 Å². The van der Waals surface area contributed by atoms with Crippen LogP contribution in [0.25, 0.3) is 5.69 Å². The number of nitro benzene ring substituents is 1. The first-order chi connectivity index (χ1) is 11.6. The van der Waals surface area contributed by atoms with Crippen LogP contribution in [-0.2, 0) is 6.54 Å². The molecule has 24 heavy (non-hydrogen) atoms. The molecule has 0 atom stereocenters. The van der Waals surface area contributed by atoms with E-state index in [-0.39, 0.29) is 10.7 Å². The quantitative estimate of drug-likeness (QED) is 0.608. The van der Waals surface area contributed by atoms with E-state index in [1.807, 2.05) is 0 Å². The van der Waals surface area contributed by atoms with Crippen LogP contribution >= 0.6 is 11.6 Å². The highest BCUT2D eigenvalue weighted by Gasteiger charge is 2.21. The summed E-state index contributed by atoms with van der Waals surface area (Å²) in [6.45, 7) is 0.591. The Kier molecular flexibility index (Phi) is 5.06. The molecule has 1 fully saturated rings. The monoisotopic (exact) mass is 350 g/mol. The minimum Gasteiger partial charge on any atom is -0.296 e. The van der Waals surface area contributed by atoms with Gasteiger partial charge in [-0.05, 0) is 42.4 Å². The average molecular weight is 351 g/mol. The van der Waals surface area contributed by atoms with Crippen molar-refractivity contribution in [2.24, 2.45) is 0 Å². The highest BCUT2D eigenvalue weighted by molar-refractivity contribution is 6.32. The number of nitro groups is 1. The lowest BCUT2D eigenvalue weighted by Gasteiger charge is -2.30. The summed E-state index contributed by atoms with van der Waals surface area (Å²) in [5, 5.41) is 22.9. The van der Waals surface area contributed by atoms with E-state index in [0.717, 1.165) is 0 Å². The lowest BCUT2D eigenvalue weighted by molar-refractivity contribution is -0.384. The molecule has 3 rings (SSSR count). The van der Waals surface area contributed by atoms with Gasteiger partial charge in [-0.25, -0.2) is 0 Å². The number of rotatable bonds is 5. The van der Waals surface area contributed by atoms with Crippen molar-refractivity contribution in [2.75, 3.05) is 7.05 Å².